The Kier molecular flexibility index (Phi) is 2.14. The second-order valence-corrected chi connectivity index (χ2v) is 8.68. The molecule has 0 amide bonds. The van der Waals surface area contributed by atoms with Crippen molar-refractivity contribution in [3.8, 4) is 0 Å². The van der Waals surface area contributed by atoms with Gasteiger partial charge in [0.1, 0.15) is 0 Å². The minimum absolute atomic E-state index is 0.946. The summed E-state index contributed by atoms with van der Waals surface area (Å²) in [5.74, 6) is 0. The third kappa shape index (κ3) is 1.40. The van der Waals surface area contributed by atoms with Gasteiger partial charge in [0.15, 0.2) is 0 Å². The molecular formula is C9H16Si. The fraction of sp³-hybridized carbons (Fsp3) is 0.556. The molecule has 0 nitrogen and oxygen atoms in total. The maximum atomic E-state index is 2.45. The summed E-state index contributed by atoms with van der Waals surface area (Å²) in [6.45, 7) is 7.21. The van der Waals surface area contributed by atoms with Crippen molar-refractivity contribution in [3.63, 3.8) is 0 Å². The second kappa shape index (κ2) is 2.75. The van der Waals surface area contributed by atoms with Crippen LogP contribution in [0.2, 0.25) is 19.1 Å². The van der Waals surface area contributed by atoms with Gasteiger partial charge < -0.3 is 0 Å². The molecule has 1 rings (SSSR count). The van der Waals surface area contributed by atoms with Crippen molar-refractivity contribution in [2.45, 2.75) is 32.5 Å². The Bertz CT molecular complexity index is 175. The van der Waals surface area contributed by atoms with Crippen LogP contribution < -0.4 is 0 Å². The van der Waals surface area contributed by atoms with Gasteiger partial charge in [-0.2, -0.15) is 0 Å². The molecule has 0 N–H and O–H groups in total. The number of hydrogen-bond acceptors (Lipinski definition) is 0. The van der Waals surface area contributed by atoms with Crippen molar-refractivity contribution in [2.75, 3.05) is 0 Å². The third-order valence-corrected chi connectivity index (χ3v) is 6.40. The summed E-state index contributed by atoms with van der Waals surface area (Å²) in [5, 5.41) is 1.72. The molecule has 0 atom stereocenters. The van der Waals surface area contributed by atoms with Crippen molar-refractivity contribution < 1.29 is 0 Å². The van der Waals surface area contributed by atoms with Crippen LogP contribution in [0.4, 0.5) is 0 Å². The van der Waals surface area contributed by atoms with Gasteiger partial charge in [-0.1, -0.05) is 49.5 Å². The Labute approximate surface area is 64.7 Å². The molecule has 0 saturated heterocycles. The lowest BCUT2D eigenvalue weighted by molar-refractivity contribution is 1.28. The average Bonchev–Trinajstić information content (AvgIpc) is 2.38. The lowest BCUT2D eigenvalue weighted by atomic mass is 10.5. The molecule has 0 aromatic rings. The number of allylic oxidation sites excluding steroid dienone is 4. The standard InChI is InChI=1S/C9H16Si/c1-4-10(2,3)9-7-5-6-8-9/h5-7H,4,8H2,1-3H3. The minimum Gasteiger partial charge on any atom is -0.0809 e. The molecular weight excluding hydrogens is 136 g/mol. The zero-order valence-corrected chi connectivity index (χ0v) is 8.15. The topological polar surface area (TPSA) is 0 Å². The molecule has 1 aliphatic carbocycles. The van der Waals surface area contributed by atoms with Crippen molar-refractivity contribution in [3.05, 3.63) is 23.4 Å². The molecule has 0 fully saturated rings. The van der Waals surface area contributed by atoms with Crippen molar-refractivity contribution in [2.24, 2.45) is 0 Å². The van der Waals surface area contributed by atoms with E-state index >= 15 is 0 Å². The Morgan fingerprint density at radius 2 is 2.20 bits per heavy atom. The number of hydrogen-bond donors (Lipinski definition) is 0. The highest BCUT2D eigenvalue weighted by atomic mass is 28.3. The van der Waals surface area contributed by atoms with E-state index in [0.29, 0.717) is 0 Å². The Morgan fingerprint density at radius 1 is 1.50 bits per heavy atom. The van der Waals surface area contributed by atoms with Gasteiger partial charge in [0.05, 0.1) is 8.07 Å². The fourth-order valence-electron chi connectivity index (χ4n) is 1.18. The summed E-state index contributed by atoms with van der Waals surface area (Å²) in [7, 11) is -0.946. The molecule has 0 unspecified atom stereocenters. The second-order valence-electron chi connectivity index (χ2n) is 3.56. The van der Waals surface area contributed by atoms with Gasteiger partial charge in [-0.3, -0.25) is 0 Å². The summed E-state index contributed by atoms with van der Waals surface area (Å²) >= 11 is 0. The van der Waals surface area contributed by atoms with Crippen LogP contribution in [0.1, 0.15) is 13.3 Å². The molecule has 0 spiro atoms. The zero-order valence-electron chi connectivity index (χ0n) is 7.15. The molecule has 0 aromatic heterocycles. The Morgan fingerprint density at radius 3 is 2.60 bits per heavy atom. The van der Waals surface area contributed by atoms with Crippen LogP contribution in [0.3, 0.4) is 0 Å². The lowest BCUT2D eigenvalue weighted by Gasteiger charge is -2.21. The van der Waals surface area contributed by atoms with Gasteiger partial charge in [0, 0.05) is 0 Å². The normalized spacial score (nSPS) is 17.7. The SMILES string of the molecule is CC[Si](C)(C)C1=CC=CC1. The predicted octanol–water partition coefficient (Wildman–Crippen LogP) is 3.14. The van der Waals surface area contributed by atoms with Crippen molar-refractivity contribution >= 4 is 8.07 Å². The van der Waals surface area contributed by atoms with E-state index in [1.165, 1.54) is 12.5 Å². The smallest absolute Gasteiger partial charge is 0.0756 e. The monoisotopic (exact) mass is 152 g/mol. The van der Waals surface area contributed by atoms with E-state index in [1.54, 1.807) is 5.20 Å². The van der Waals surface area contributed by atoms with E-state index in [2.05, 4.69) is 38.2 Å². The number of rotatable bonds is 2. The average molecular weight is 152 g/mol. The zero-order chi connectivity index (χ0) is 7.61. The van der Waals surface area contributed by atoms with Gasteiger partial charge in [0.25, 0.3) is 0 Å². The first-order chi connectivity index (χ1) is 4.67. The highest BCUT2D eigenvalue weighted by Crippen LogP contribution is 2.25. The van der Waals surface area contributed by atoms with Crippen LogP contribution in [-0.4, -0.2) is 8.07 Å². The van der Waals surface area contributed by atoms with Crippen LogP contribution in [-0.2, 0) is 0 Å². The van der Waals surface area contributed by atoms with E-state index in [4.69, 9.17) is 0 Å². The predicted molar refractivity (Wildman–Crippen MR) is 49.8 cm³/mol. The lowest BCUT2D eigenvalue weighted by Crippen LogP contribution is -2.26. The van der Waals surface area contributed by atoms with Crippen molar-refractivity contribution in [1.82, 2.24) is 0 Å². The summed E-state index contributed by atoms with van der Waals surface area (Å²) in [5.41, 5.74) is 0. The molecule has 10 heavy (non-hydrogen) atoms. The van der Waals surface area contributed by atoms with E-state index in [1.807, 2.05) is 0 Å². The van der Waals surface area contributed by atoms with Gasteiger partial charge in [-0.15, -0.1) is 0 Å². The quantitative estimate of drug-likeness (QED) is 0.533. The van der Waals surface area contributed by atoms with Crippen LogP contribution in [0.5, 0.6) is 0 Å². The molecule has 1 aliphatic rings. The first-order valence-corrected chi connectivity index (χ1v) is 7.23. The summed E-state index contributed by atoms with van der Waals surface area (Å²) < 4.78 is 0. The third-order valence-electron chi connectivity index (χ3n) is 2.52. The molecule has 0 bridgehead atoms. The molecule has 0 heterocycles. The fourth-order valence-corrected chi connectivity index (χ4v) is 2.85. The summed E-state index contributed by atoms with van der Waals surface area (Å²) in [6.07, 6.45) is 8.00. The van der Waals surface area contributed by atoms with Gasteiger partial charge in [-0.25, -0.2) is 0 Å². The van der Waals surface area contributed by atoms with Crippen LogP contribution in [0.25, 0.3) is 0 Å². The van der Waals surface area contributed by atoms with Crippen molar-refractivity contribution in [1.29, 1.82) is 0 Å². The highest BCUT2D eigenvalue weighted by Gasteiger charge is 2.22. The van der Waals surface area contributed by atoms with E-state index in [0.717, 1.165) is 0 Å². The molecule has 0 radical (unpaired) electrons. The van der Waals surface area contributed by atoms with E-state index in [-0.39, 0.29) is 0 Å². The largest absolute Gasteiger partial charge is 0.0809 e. The maximum absolute atomic E-state index is 2.45. The first kappa shape index (κ1) is 7.80. The van der Waals surface area contributed by atoms with Crippen LogP contribution in [0.15, 0.2) is 23.4 Å². The molecule has 0 aliphatic heterocycles. The maximum Gasteiger partial charge on any atom is 0.0756 e. The molecule has 56 valence electrons. The van der Waals surface area contributed by atoms with Crippen LogP contribution in [0, 0.1) is 0 Å². The summed E-state index contributed by atoms with van der Waals surface area (Å²) in [4.78, 5) is 0. The van der Waals surface area contributed by atoms with Gasteiger partial charge >= 0.3 is 0 Å². The molecule has 1 heteroatoms. The Balaban J connectivity index is 2.65. The molecule has 0 saturated carbocycles. The van der Waals surface area contributed by atoms with Gasteiger partial charge in [0.2, 0.25) is 0 Å². The first-order valence-electron chi connectivity index (χ1n) is 4.03. The van der Waals surface area contributed by atoms with Gasteiger partial charge in [-0.05, 0) is 6.42 Å². The Hall–Kier alpha value is -0.303. The molecule has 0 aromatic carbocycles. The summed E-state index contributed by atoms with van der Waals surface area (Å²) in [6, 6.07) is 1.38. The van der Waals surface area contributed by atoms with E-state index in [9.17, 15) is 0 Å². The van der Waals surface area contributed by atoms with E-state index < -0.39 is 8.07 Å². The highest BCUT2D eigenvalue weighted by molar-refractivity contribution is 6.84. The minimum atomic E-state index is -0.946. The van der Waals surface area contributed by atoms with Crippen LogP contribution >= 0.6 is 0 Å².